The number of hydrogen-bond acceptors (Lipinski definition) is 8. The highest BCUT2D eigenvalue weighted by atomic mass is 16.7. The molecule has 0 saturated carbocycles. The van der Waals surface area contributed by atoms with Crippen LogP contribution in [0.3, 0.4) is 0 Å². The van der Waals surface area contributed by atoms with Gasteiger partial charge in [-0.05, 0) is 32.1 Å². The fourth-order valence-electron chi connectivity index (χ4n) is 12.1. The number of carbonyl (C=O) groups excluding carboxylic acids is 1. The van der Waals surface area contributed by atoms with E-state index in [1.165, 1.54) is 321 Å². The summed E-state index contributed by atoms with van der Waals surface area (Å²) in [6.07, 6.45) is 75.9. The minimum Gasteiger partial charge on any atom is -0.394 e. The molecule has 1 fully saturated rings. The number of allylic oxidation sites excluding steroid dienone is 3. The second-order valence-corrected chi connectivity index (χ2v) is 25.7. The zero-order chi connectivity index (χ0) is 59.3. The van der Waals surface area contributed by atoms with E-state index in [4.69, 9.17) is 9.47 Å². The number of nitrogens with one attached hydrogen (secondary N) is 1. The van der Waals surface area contributed by atoms with Crippen molar-refractivity contribution in [1.29, 1.82) is 0 Å². The summed E-state index contributed by atoms with van der Waals surface area (Å²) in [4.78, 5) is 13.1. The van der Waals surface area contributed by atoms with Crippen LogP contribution in [0.5, 0.6) is 0 Å². The van der Waals surface area contributed by atoms with E-state index < -0.39 is 49.5 Å². The van der Waals surface area contributed by atoms with Crippen molar-refractivity contribution >= 4 is 5.91 Å². The molecule has 9 nitrogen and oxygen atoms in total. The molecule has 1 heterocycles. The van der Waals surface area contributed by atoms with Crippen LogP contribution in [0.25, 0.3) is 0 Å². The Balaban J connectivity index is 2.12. The Morgan fingerprint density at radius 2 is 0.695 bits per heavy atom. The lowest BCUT2D eigenvalue weighted by Gasteiger charge is -2.40. The van der Waals surface area contributed by atoms with E-state index in [0.29, 0.717) is 6.42 Å². The summed E-state index contributed by atoms with van der Waals surface area (Å²) in [5.74, 6) is -0.177. The second-order valence-electron chi connectivity index (χ2n) is 25.7. The molecule has 0 aliphatic carbocycles. The Bertz CT molecular complexity index is 1340. The van der Waals surface area contributed by atoms with Crippen molar-refractivity contribution in [3.05, 3.63) is 24.3 Å². The molecule has 0 aromatic carbocycles. The normalized spacial score (nSPS) is 18.4. The molecular formula is C73H141NO8. The minimum atomic E-state index is -1.57. The van der Waals surface area contributed by atoms with Crippen LogP contribution in [-0.4, -0.2) is 87.5 Å². The Hall–Kier alpha value is -1.33. The fraction of sp³-hybridized carbons (Fsp3) is 0.932. The van der Waals surface area contributed by atoms with Crippen molar-refractivity contribution in [2.24, 2.45) is 0 Å². The lowest BCUT2D eigenvalue weighted by molar-refractivity contribution is -0.302. The summed E-state index contributed by atoms with van der Waals surface area (Å²) >= 11 is 0. The lowest BCUT2D eigenvalue weighted by Crippen LogP contribution is -2.60. The van der Waals surface area contributed by atoms with Crippen LogP contribution in [0.15, 0.2) is 24.3 Å². The van der Waals surface area contributed by atoms with Crippen LogP contribution in [0.2, 0.25) is 0 Å². The van der Waals surface area contributed by atoms with Gasteiger partial charge in [-0.3, -0.25) is 4.79 Å². The van der Waals surface area contributed by atoms with Crippen molar-refractivity contribution in [3.63, 3.8) is 0 Å². The summed E-state index contributed by atoms with van der Waals surface area (Å²) < 4.78 is 11.3. The maximum Gasteiger partial charge on any atom is 0.220 e. The van der Waals surface area contributed by atoms with Gasteiger partial charge in [-0.1, -0.05) is 366 Å². The fourth-order valence-corrected chi connectivity index (χ4v) is 12.1. The van der Waals surface area contributed by atoms with Gasteiger partial charge in [0.25, 0.3) is 0 Å². The molecule has 1 saturated heterocycles. The van der Waals surface area contributed by atoms with Gasteiger partial charge < -0.3 is 40.3 Å². The first-order valence-electron chi connectivity index (χ1n) is 36.6. The molecule has 0 aromatic heterocycles. The van der Waals surface area contributed by atoms with Crippen LogP contribution in [0, 0.1) is 0 Å². The number of aliphatic hydroxyl groups excluding tert-OH is 5. The van der Waals surface area contributed by atoms with Crippen molar-refractivity contribution in [2.45, 2.75) is 423 Å². The smallest absolute Gasteiger partial charge is 0.220 e. The van der Waals surface area contributed by atoms with Gasteiger partial charge in [-0.2, -0.15) is 0 Å². The second kappa shape index (κ2) is 62.7. The SMILES string of the molecule is CCCCCCCCCCCCCCCCCCCCCCCCCCCC/C=C/CC/C=C/C(O)C(COC1OC(CO)C(O)C(O)C1O)NC(=O)CCCCCCCCCCCCCCCCCCCCCCCCCCCCC. The topological polar surface area (TPSA) is 149 Å². The van der Waals surface area contributed by atoms with E-state index in [0.717, 1.165) is 38.5 Å². The van der Waals surface area contributed by atoms with Gasteiger partial charge in [-0.25, -0.2) is 0 Å². The van der Waals surface area contributed by atoms with Crippen LogP contribution >= 0.6 is 0 Å². The first-order chi connectivity index (χ1) is 40.3. The van der Waals surface area contributed by atoms with Gasteiger partial charge in [0.1, 0.15) is 24.4 Å². The van der Waals surface area contributed by atoms with Crippen LogP contribution in [0.4, 0.5) is 0 Å². The molecule has 486 valence electrons. The van der Waals surface area contributed by atoms with Crippen molar-refractivity contribution in [2.75, 3.05) is 13.2 Å². The predicted molar refractivity (Wildman–Crippen MR) is 350 cm³/mol. The Morgan fingerprint density at radius 1 is 0.402 bits per heavy atom. The van der Waals surface area contributed by atoms with E-state index in [1.807, 2.05) is 6.08 Å². The molecule has 1 aliphatic rings. The van der Waals surface area contributed by atoms with Gasteiger partial charge >= 0.3 is 0 Å². The van der Waals surface area contributed by atoms with Crippen LogP contribution in [-0.2, 0) is 14.3 Å². The molecule has 0 bridgehead atoms. The third-order valence-corrected chi connectivity index (χ3v) is 17.8. The minimum absolute atomic E-state index is 0.177. The number of rotatable bonds is 65. The van der Waals surface area contributed by atoms with E-state index >= 15 is 0 Å². The predicted octanol–water partition coefficient (Wildman–Crippen LogP) is 20.0. The standard InChI is InChI=1S/C73H141NO8/c1-3-5-7-9-11-13-15-17-19-21-23-25-27-29-31-32-33-34-35-37-38-40-42-44-46-48-50-52-54-56-58-60-62-67(76)66(65-81-73-72(80)71(79)70(78)68(64-75)82-73)74-69(77)63-61-59-57-55-53-51-49-47-45-43-41-39-36-30-28-26-24-22-20-18-16-14-12-10-8-6-4-2/h52,54,60,62,66-68,70-73,75-76,78-80H,3-51,53,55-59,61,63-65H2,1-2H3,(H,74,77)/b54-52+,62-60+. The number of unbranched alkanes of at least 4 members (excludes halogenated alkanes) is 53. The zero-order valence-electron chi connectivity index (χ0n) is 54.5. The highest BCUT2D eigenvalue weighted by molar-refractivity contribution is 5.76. The highest BCUT2D eigenvalue weighted by Gasteiger charge is 2.44. The summed E-state index contributed by atoms with van der Waals surface area (Å²) in [6.45, 7) is 3.83. The number of amides is 1. The van der Waals surface area contributed by atoms with E-state index in [-0.39, 0.29) is 12.5 Å². The van der Waals surface area contributed by atoms with Gasteiger partial charge in [0.15, 0.2) is 6.29 Å². The van der Waals surface area contributed by atoms with Gasteiger partial charge in [0.05, 0.1) is 25.4 Å². The molecular weight excluding hydrogens is 1020 g/mol. The van der Waals surface area contributed by atoms with E-state index in [1.54, 1.807) is 6.08 Å². The summed E-state index contributed by atoms with van der Waals surface area (Å²) in [5.41, 5.74) is 0. The van der Waals surface area contributed by atoms with E-state index in [9.17, 15) is 30.3 Å². The summed E-state index contributed by atoms with van der Waals surface area (Å²) in [5, 5.41) is 54.8. The maximum absolute atomic E-state index is 13.1. The Morgan fingerprint density at radius 3 is 1.02 bits per heavy atom. The summed E-state index contributed by atoms with van der Waals surface area (Å²) in [6, 6.07) is -0.820. The average molecular weight is 1160 g/mol. The van der Waals surface area contributed by atoms with Crippen LogP contribution < -0.4 is 5.32 Å². The van der Waals surface area contributed by atoms with Gasteiger partial charge in [-0.15, -0.1) is 0 Å². The molecule has 7 unspecified atom stereocenters. The molecule has 0 radical (unpaired) electrons. The Kier molecular flexibility index (Phi) is 60.2. The molecule has 7 atom stereocenters. The molecule has 0 aromatic rings. The van der Waals surface area contributed by atoms with Crippen molar-refractivity contribution in [1.82, 2.24) is 5.32 Å². The largest absolute Gasteiger partial charge is 0.394 e. The molecule has 1 amide bonds. The molecule has 1 rings (SSSR count). The van der Waals surface area contributed by atoms with Crippen molar-refractivity contribution in [3.8, 4) is 0 Å². The van der Waals surface area contributed by atoms with Gasteiger partial charge in [0, 0.05) is 6.42 Å². The zero-order valence-corrected chi connectivity index (χ0v) is 54.5. The van der Waals surface area contributed by atoms with Gasteiger partial charge in [0.2, 0.25) is 5.91 Å². The van der Waals surface area contributed by atoms with Crippen LogP contribution in [0.1, 0.15) is 380 Å². The first kappa shape index (κ1) is 78.7. The summed E-state index contributed by atoms with van der Waals surface area (Å²) in [7, 11) is 0. The number of hydrogen-bond donors (Lipinski definition) is 6. The monoisotopic (exact) mass is 1160 g/mol. The van der Waals surface area contributed by atoms with Crippen molar-refractivity contribution < 1.29 is 39.8 Å². The Labute approximate surface area is 509 Å². The number of carbonyl (C=O) groups is 1. The molecule has 6 N–H and O–H groups in total. The number of ether oxygens (including phenoxy) is 2. The third kappa shape index (κ3) is 50.8. The maximum atomic E-state index is 13.1. The molecule has 0 spiro atoms. The average Bonchev–Trinajstić information content (AvgIpc) is 3.57. The molecule has 9 heteroatoms. The first-order valence-corrected chi connectivity index (χ1v) is 36.6. The number of aliphatic hydroxyl groups is 5. The quantitative estimate of drug-likeness (QED) is 0.0261. The third-order valence-electron chi connectivity index (χ3n) is 17.8. The molecule has 82 heavy (non-hydrogen) atoms. The lowest BCUT2D eigenvalue weighted by atomic mass is 9.99. The highest BCUT2D eigenvalue weighted by Crippen LogP contribution is 2.24. The molecule has 1 aliphatic heterocycles. The van der Waals surface area contributed by atoms with E-state index in [2.05, 4.69) is 31.3 Å².